The van der Waals surface area contributed by atoms with Crippen LogP contribution in [0.3, 0.4) is 0 Å². The van der Waals surface area contributed by atoms with E-state index in [-0.39, 0.29) is 11.7 Å². The summed E-state index contributed by atoms with van der Waals surface area (Å²) in [5, 5.41) is 3.66. The topological polar surface area (TPSA) is 51.5 Å². The molecule has 4 heteroatoms. The summed E-state index contributed by atoms with van der Waals surface area (Å²) in [6, 6.07) is 12.5. The number of benzene rings is 2. The van der Waals surface area contributed by atoms with Crippen molar-refractivity contribution in [1.82, 2.24) is 0 Å². The predicted octanol–water partition coefficient (Wildman–Crippen LogP) is 3.98. The third kappa shape index (κ3) is 2.77. The minimum absolute atomic E-state index is 0.277. The number of amides is 1. The molecule has 0 saturated carbocycles. The van der Waals surface area contributed by atoms with Crippen molar-refractivity contribution in [3.63, 3.8) is 0 Å². The molecule has 0 aliphatic carbocycles. The van der Waals surface area contributed by atoms with Gasteiger partial charge in [0.2, 0.25) is 0 Å². The third-order valence-corrected chi connectivity index (χ3v) is 3.64. The molecule has 114 valence electrons. The molecule has 0 saturated heterocycles. The molecule has 1 N–H and O–H groups in total. The van der Waals surface area contributed by atoms with Crippen LogP contribution in [0.2, 0.25) is 0 Å². The Hall–Kier alpha value is -3.19. The number of fused-ring (bicyclic) bond motifs is 1. The van der Waals surface area contributed by atoms with Gasteiger partial charge < -0.3 is 14.5 Å². The molecule has 0 fully saturated rings. The van der Waals surface area contributed by atoms with Gasteiger partial charge in [0.05, 0.1) is 7.11 Å². The van der Waals surface area contributed by atoms with Crippen LogP contribution < -0.4 is 10.1 Å². The summed E-state index contributed by atoms with van der Waals surface area (Å²) in [4.78, 5) is 12.5. The fraction of sp³-hybridized carbons (Fsp3) is 0.105. The van der Waals surface area contributed by atoms with Gasteiger partial charge in [0.15, 0.2) is 5.76 Å². The van der Waals surface area contributed by atoms with Crippen LogP contribution in [-0.4, -0.2) is 13.0 Å². The lowest BCUT2D eigenvalue weighted by Gasteiger charge is -2.04. The van der Waals surface area contributed by atoms with Gasteiger partial charge in [0, 0.05) is 22.2 Å². The zero-order valence-electron chi connectivity index (χ0n) is 12.8. The Morgan fingerprint density at radius 2 is 2.09 bits per heavy atom. The molecule has 0 aliphatic rings. The average molecular weight is 305 g/mol. The number of carbonyl (C=O) groups excluding carboxylic acids is 1. The van der Waals surface area contributed by atoms with Crippen LogP contribution in [0, 0.1) is 19.3 Å². The van der Waals surface area contributed by atoms with Gasteiger partial charge in [-0.25, -0.2) is 0 Å². The van der Waals surface area contributed by atoms with Gasteiger partial charge in [-0.1, -0.05) is 12.0 Å². The van der Waals surface area contributed by atoms with Gasteiger partial charge >= 0.3 is 0 Å². The van der Waals surface area contributed by atoms with E-state index in [0.29, 0.717) is 16.8 Å². The maximum Gasteiger partial charge on any atom is 0.291 e. The number of ether oxygens (including phenoxy) is 1. The lowest BCUT2D eigenvalue weighted by atomic mass is 10.1. The van der Waals surface area contributed by atoms with E-state index in [9.17, 15) is 4.79 Å². The van der Waals surface area contributed by atoms with Crippen molar-refractivity contribution in [3.8, 4) is 18.1 Å². The molecule has 2 aromatic carbocycles. The highest BCUT2D eigenvalue weighted by Crippen LogP contribution is 2.29. The van der Waals surface area contributed by atoms with Crippen LogP contribution in [0.25, 0.3) is 11.0 Å². The zero-order chi connectivity index (χ0) is 16.4. The van der Waals surface area contributed by atoms with E-state index in [1.807, 2.05) is 13.0 Å². The first kappa shape index (κ1) is 14.7. The van der Waals surface area contributed by atoms with Gasteiger partial charge in [-0.3, -0.25) is 4.79 Å². The number of hydrogen-bond donors (Lipinski definition) is 1. The van der Waals surface area contributed by atoms with Crippen molar-refractivity contribution >= 4 is 22.6 Å². The predicted molar refractivity (Wildman–Crippen MR) is 89.8 cm³/mol. The highest BCUT2D eigenvalue weighted by Gasteiger charge is 2.18. The highest BCUT2D eigenvalue weighted by atomic mass is 16.5. The third-order valence-electron chi connectivity index (χ3n) is 3.64. The smallest absolute Gasteiger partial charge is 0.291 e. The summed E-state index contributed by atoms with van der Waals surface area (Å²) in [5.74, 6) is 3.22. The van der Waals surface area contributed by atoms with Crippen LogP contribution in [0.1, 0.15) is 21.7 Å². The van der Waals surface area contributed by atoms with Crippen LogP contribution in [0.15, 0.2) is 46.9 Å². The quantitative estimate of drug-likeness (QED) is 0.745. The van der Waals surface area contributed by atoms with Crippen molar-refractivity contribution in [2.45, 2.75) is 6.92 Å². The minimum atomic E-state index is -0.313. The largest absolute Gasteiger partial charge is 0.497 e. The number of carbonyl (C=O) groups is 1. The van der Waals surface area contributed by atoms with E-state index in [2.05, 4.69) is 11.2 Å². The second-order valence-electron chi connectivity index (χ2n) is 5.10. The number of anilines is 1. The van der Waals surface area contributed by atoms with E-state index in [0.717, 1.165) is 16.7 Å². The monoisotopic (exact) mass is 305 g/mol. The van der Waals surface area contributed by atoms with Gasteiger partial charge in [-0.05, 0) is 43.3 Å². The van der Waals surface area contributed by atoms with Crippen molar-refractivity contribution in [2.75, 3.05) is 12.4 Å². The molecule has 1 heterocycles. The van der Waals surface area contributed by atoms with Crippen molar-refractivity contribution in [3.05, 3.63) is 59.4 Å². The second-order valence-corrected chi connectivity index (χ2v) is 5.10. The van der Waals surface area contributed by atoms with E-state index in [1.54, 1.807) is 43.5 Å². The summed E-state index contributed by atoms with van der Waals surface area (Å²) in [6.07, 6.45) is 5.37. The molecule has 1 amide bonds. The Bertz CT molecular complexity index is 931. The Morgan fingerprint density at radius 3 is 2.83 bits per heavy atom. The lowest BCUT2D eigenvalue weighted by molar-refractivity contribution is 0.0998. The van der Waals surface area contributed by atoms with E-state index < -0.39 is 0 Å². The van der Waals surface area contributed by atoms with E-state index in [4.69, 9.17) is 15.6 Å². The fourth-order valence-electron chi connectivity index (χ4n) is 2.42. The summed E-state index contributed by atoms with van der Waals surface area (Å²) >= 11 is 0. The molecule has 1 aromatic heterocycles. The molecule has 0 spiro atoms. The Morgan fingerprint density at radius 1 is 1.26 bits per heavy atom. The number of methoxy groups -OCH3 is 1. The Labute approximate surface area is 134 Å². The summed E-state index contributed by atoms with van der Waals surface area (Å²) < 4.78 is 10.9. The number of terminal acetylenes is 1. The van der Waals surface area contributed by atoms with Gasteiger partial charge in [0.25, 0.3) is 5.91 Å². The molecule has 4 nitrogen and oxygen atoms in total. The first-order valence-electron chi connectivity index (χ1n) is 7.07. The Balaban J connectivity index is 1.94. The molecule has 3 aromatic rings. The summed E-state index contributed by atoms with van der Waals surface area (Å²) in [5.41, 5.74) is 2.74. The number of hydrogen-bond acceptors (Lipinski definition) is 3. The Kier molecular flexibility index (Phi) is 3.78. The fourth-order valence-corrected chi connectivity index (χ4v) is 2.42. The standard InChI is InChI=1S/C19H15NO3/c1-4-13-6-5-7-14(10-13)20-19(21)18-12(2)16-11-15(22-3)8-9-17(16)23-18/h1,5-11H,2-3H3,(H,20,21). The van der Waals surface area contributed by atoms with E-state index >= 15 is 0 Å². The highest BCUT2D eigenvalue weighted by molar-refractivity contribution is 6.06. The normalized spacial score (nSPS) is 10.3. The van der Waals surface area contributed by atoms with Gasteiger partial charge in [-0.15, -0.1) is 6.42 Å². The first-order chi connectivity index (χ1) is 11.1. The summed E-state index contributed by atoms with van der Waals surface area (Å²) in [7, 11) is 1.60. The molecule has 3 rings (SSSR count). The molecule has 23 heavy (non-hydrogen) atoms. The van der Waals surface area contributed by atoms with Crippen LogP contribution in [0.5, 0.6) is 5.75 Å². The number of rotatable bonds is 3. The van der Waals surface area contributed by atoms with Crippen LogP contribution in [0.4, 0.5) is 5.69 Å². The molecule has 0 unspecified atom stereocenters. The zero-order valence-corrected chi connectivity index (χ0v) is 12.8. The molecular weight excluding hydrogens is 290 g/mol. The molecule has 0 bridgehead atoms. The lowest BCUT2D eigenvalue weighted by Crippen LogP contribution is -2.12. The SMILES string of the molecule is C#Cc1cccc(NC(=O)c2oc3ccc(OC)cc3c2C)c1. The first-order valence-corrected chi connectivity index (χ1v) is 7.07. The maximum atomic E-state index is 12.5. The molecule has 0 aliphatic heterocycles. The number of aryl methyl sites for hydroxylation is 1. The maximum absolute atomic E-state index is 12.5. The second kappa shape index (κ2) is 5.90. The van der Waals surface area contributed by atoms with Crippen molar-refractivity contribution < 1.29 is 13.9 Å². The van der Waals surface area contributed by atoms with Gasteiger partial charge in [0.1, 0.15) is 11.3 Å². The summed E-state index contributed by atoms with van der Waals surface area (Å²) in [6.45, 7) is 1.85. The van der Waals surface area contributed by atoms with Crippen LogP contribution in [-0.2, 0) is 0 Å². The van der Waals surface area contributed by atoms with Gasteiger partial charge in [-0.2, -0.15) is 0 Å². The minimum Gasteiger partial charge on any atom is -0.497 e. The van der Waals surface area contributed by atoms with Crippen molar-refractivity contribution in [1.29, 1.82) is 0 Å². The number of nitrogens with one attached hydrogen (secondary N) is 1. The molecular formula is C19H15NO3. The number of furan rings is 1. The molecule has 0 atom stereocenters. The molecule has 0 radical (unpaired) electrons. The van der Waals surface area contributed by atoms with Crippen LogP contribution >= 0.6 is 0 Å². The van der Waals surface area contributed by atoms with Crippen molar-refractivity contribution in [2.24, 2.45) is 0 Å². The average Bonchev–Trinajstić information content (AvgIpc) is 2.91. The van der Waals surface area contributed by atoms with E-state index in [1.165, 1.54) is 0 Å².